The average Bonchev–Trinajstić information content (AvgIpc) is 2.86. The van der Waals surface area contributed by atoms with Crippen molar-refractivity contribution < 1.29 is 13.2 Å². The number of hydrogen-bond donors (Lipinski definition) is 1. The molecule has 0 saturated carbocycles. The van der Waals surface area contributed by atoms with Crippen molar-refractivity contribution >= 4 is 27.4 Å². The van der Waals surface area contributed by atoms with Crippen LogP contribution in [0.25, 0.3) is 0 Å². The van der Waals surface area contributed by atoms with Gasteiger partial charge in [-0.3, -0.25) is 9.69 Å². The van der Waals surface area contributed by atoms with E-state index in [2.05, 4.69) is 20.1 Å². The number of nitrogens with zero attached hydrogens (tertiary/aromatic N) is 4. The minimum Gasteiger partial charge on any atom is -0.354 e. The van der Waals surface area contributed by atoms with Crippen LogP contribution in [0.5, 0.6) is 0 Å². The molecule has 1 aliphatic heterocycles. The molecule has 8 nitrogen and oxygen atoms in total. The second-order valence-corrected chi connectivity index (χ2v) is 10.3. The van der Waals surface area contributed by atoms with Gasteiger partial charge < -0.3 is 10.2 Å². The Kier molecular flexibility index (Phi) is 7.56. The van der Waals surface area contributed by atoms with Crippen LogP contribution < -0.4 is 10.2 Å². The lowest BCUT2D eigenvalue weighted by atomic mass is 10.2. The van der Waals surface area contributed by atoms with E-state index in [0.717, 1.165) is 37.6 Å². The lowest BCUT2D eigenvalue weighted by molar-refractivity contribution is -0.117. The zero-order valence-corrected chi connectivity index (χ0v) is 20.0. The highest BCUT2D eigenvalue weighted by molar-refractivity contribution is 7.89. The van der Waals surface area contributed by atoms with Crippen molar-refractivity contribution in [2.24, 2.45) is 0 Å². The molecular formula is C25H29N5O3S. The molecule has 1 aromatic heterocycles. The summed E-state index contributed by atoms with van der Waals surface area (Å²) in [4.78, 5) is 21.4. The molecule has 0 atom stereocenters. The van der Waals surface area contributed by atoms with Crippen LogP contribution in [0.2, 0.25) is 0 Å². The predicted octanol–water partition coefficient (Wildman–Crippen LogP) is 2.66. The Labute approximate surface area is 200 Å². The SMILES string of the molecule is CN(Cc1ccccc1)S(=O)(=O)c1ccc(NC(=O)CN2CCN(c3ccccn3)CC2)cc1. The third kappa shape index (κ3) is 5.99. The smallest absolute Gasteiger partial charge is 0.243 e. The van der Waals surface area contributed by atoms with Gasteiger partial charge in [0.15, 0.2) is 0 Å². The zero-order valence-electron chi connectivity index (χ0n) is 19.2. The van der Waals surface area contributed by atoms with Crippen molar-refractivity contribution in [3.63, 3.8) is 0 Å². The molecule has 1 aliphatic rings. The van der Waals surface area contributed by atoms with Gasteiger partial charge in [0.1, 0.15) is 5.82 Å². The van der Waals surface area contributed by atoms with E-state index in [-0.39, 0.29) is 23.9 Å². The number of anilines is 2. The van der Waals surface area contributed by atoms with Crippen LogP contribution >= 0.6 is 0 Å². The minimum absolute atomic E-state index is 0.122. The number of hydrogen-bond acceptors (Lipinski definition) is 6. The summed E-state index contributed by atoms with van der Waals surface area (Å²) in [5.41, 5.74) is 1.49. The fourth-order valence-electron chi connectivity index (χ4n) is 3.90. The second-order valence-electron chi connectivity index (χ2n) is 8.27. The number of sulfonamides is 1. The molecule has 4 rings (SSSR count). The summed E-state index contributed by atoms with van der Waals surface area (Å²) < 4.78 is 27.1. The molecule has 2 aromatic carbocycles. The molecule has 0 bridgehead atoms. The number of carbonyl (C=O) groups excluding carboxylic acids is 1. The Morgan fingerprint density at radius 2 is 1.62 bits per heavy atom. The van der Waals surface area contributed by atoms with Gasteiger partial charge in [-0.25, -0.2) is 13.4 Å². The van der Waals surface area contributed by atoms with E-state index in [1.165, 1.54) is 16.4 Å². The average molecular weight is 480 g/mol. The van der Waals surface area contributed by atoms with Gasteiger partial charge in [0.05, 0.1) is 11.4 Å². The van der Waals surface area contributed by atoms with Crippen LogP contribution in [-0.4, -0.2) is 68.3 Å². The highest BCUT2D eigenvalue weighted by atomic mass is 32.2. The Balaban J connectivity index is 1.28. The molecule has 3 aromatic rings. The maximum atomic E-state index is 12.9. The molecule has 9 heteroatoms. The molecule has 2 heterocycles. The van der Waals surface area contributed by atoms with Crippen LogP contribution in [0, 0.1) is 0 Å². The van der Waals surface area contributed by atoms with E-state index in [4.69, 9.17) is 0 Å². The first-order chi connectivity index (χ1) is 16.4. The number of benzene rings is 2. The Hall–Kier alpha value is -3.27. The summed E-state index contributed by atoms with van der Waals surface area (Å²) in [6.45, 7) is 3.75. The van der Waals surface area contributed by atoms with Gasteiger partial charge >= 0.3 is 0 Å². The molecule has 178 valence electrons. The summed E-state index contributed by atoms with van der Waals surface area (Å²) in [7, 11) is -2.07. The molecule has 1 N–H and O–H groups in total. The van der Waals surface area contributed by atoms with Crippen molar-refractivity contribution in [1.29, 1.82) is 0 Å². The Bertz CT molecular complexity index is 1180. The van der Waals surface area contributed by atoms with Gasteiger partial charge in [-0.05, 0) is 42.0 Å². The second kappa shape index (κ2) is 10.8. The lowest BCUT2D eigenvalue weighted by Crippen LogP contribution is -2.48. The standard InChI is InChI=1S/C25H29N5O3S/c1-28(19-21-7-3-2-4-8-21)34(32,33)23-12-10-22(11-13-23)27-25(31)20-29-15-17-30(18-16-29)24-9-5-6-14-26-24/h2-14H,15-20H2,1H3,(H,27,31). The van der Waals surface area contributed by atoms with Crippen molar-refractivity contribution in [2.45, 2.75) is 11.4 Å². The topological polar surface area (TPSA) is 85.8 Å². The summed E-state index contributed by atoms with van der Waals surface area (Å²) in [5, 5.41) is 2.86. The highest BCUT2D eigenvalue weighted by Crippen LogP contribution is 2.19. The minimum atomic E-state index is -3.63. The molecule has 1 fully saturated rings. The third-order valence-electron chi connectivity index (χ3n) is 5.81. The number of nitrogens with one attached hydrogen (secondary N) is 1. The number of carbonyl (C=O) groups is 1. The van der Waals surface area contributed by atoms with Crippen LogP contribution in [0.1, 0.15) is 5.56 Å². The third-order valence-corrected chi connectivity index (χ3v) is 7.62. The van der Waals surface area contributed by atoms with Crippen molar-refractivity contribution in [2.75, 3.05) is 50.0 Å². The molecule has 0 spiro atoms. The van der Waals surface area contributed by atoms with Crippen LogP contribution in [0.4, 0.5) is 11.5 Å². The van der Waals surface area contributed by atoms with Crippen LogP contribution in [-0.2, 0) is 21.4 Å². The molecule has 34 heavy (non-hydrogen) atoms. The van der Waals surface area contributed by atoms with E-state index in [0.29, 0.717) is 5.69 Å². The fourth-order valence-corrected chi connectivity index (χ4v) is 5.05. The first-order valence-corrected chi connectivity index (χ1v) is 12.6. The van der Waals surface area contributed by atoms with Gasteiger partial charge in [-0.1, -0.05) is 36.4 Å². The molecule has 0 radical (unpaired) electrons. The number of rotatable bonds is 8. The van der Waals surface area contributed by atoms with Crippen molar-refractivity contribution in [3.05, 3.63) is 84.6 Å². The van der Waals surface area contributed by atoms with E-state index in [1.54, 1.807) is 25.4 Å². The van der Waals surface area contributed by atoms with Crippen molar-refractivity contribution in [3.8, 4) is 0 Å². The monoisotopic (exact) mass is 479 g/mol. The molecule has 1 amide bonds. The largest absolute Gasteiger partial charge is 0.354 e. The summed E-state index contributed by atoms with van der Waals surface area (Å²) in [6.07, 6.45) is 1.78. The first-order valence-electron chi connectivity index (χ1n) is 11.2. The van der Waals surface area contributed by atoms with E-state index in [9.17, 15) is 13.2 Å². The fraction of sp³-hybridized carbons (Fsp3) is 0.280. The molecular weight excluding hydrogens is 450 g/mol. The van der Waals surface area contributed by atoms with Crippen LogP contribution in [0.15, 0.2) is 83.9 Å². The molecule has 0 unspecified atom stereocenters. The van der Waals surface area contributed by atoms with E-state index in [1.807, 2.05) is 48.5 Å². The number of piperazine rings is 1. The lowest BCUT2D eigenvalue weighted by Gasteiger charge is -2.34. The van der Waals surface area contributed by atoms with Gasteiger partial charge in [0, 0.05) is 51.7 Å². The predicted molar refractivity (Wildman–Crippen MR) is 133 cm³/mol. The summed E-state index contributed by atoms with van der Waals surface area (Å²) >= 11 is 0. The van der Waals surface area contributed by atoms with E-state index < -0.39 is 10.0 Å². The molecule has 0 aliphatic carbocycles. The summed E-state index contributed by atoms with van der Waals surface area (Å²) in [6, 6.07) is 21.6. The Morgan fingerprint density at radius 1 is 0.941 bits per heavy atom. The highest BCUT2D eigenvalue weighted by Gasteiger charge is 2.22. The van der Waals surface area contributed by atoms with Gasteiger partial charge in [-0.2, -0.15) is 4.31 Å². The van der Waals surface area contributed by atoms with Gasteiger partial charge in [-0.15, -0.1) is 0 Å². The quantitative estimate of drug-likeness (QED) is 0.535. The van der Waals surface area contributed by atoms with Gasteiger partial charge in [0.2, 0.25) is 15.9 Å². The number of amides is 1. The maximum absolute atomic E-state index is 12.9. The van der Waals surface area contributed by atoms with E-state index >= 15 is 0 Å². The number of pyridine rings is 1. The van der Waals surface area contributed by atoms with Crippen molar-refractivity contribution in [1.82, 2.24) is 14.2 Å². The molecule has 1 saturated heterocycles. The van der Waals surface area contributed by atoms with Gasteiger partial charge in [0.25, 0.3) is 0 Å². The normalized spacial score (nSPS) is 14.8. The first kappa shape index (κ1) is 23.9. The van der Waals surface area contributed by atoms with Crippen LogP contribution in [0.3, 0.4) is 0 Å². The maximum Gasteiger partial charge on any atom is 0.243 e. The zero-order chi connectivity index (χ0) is 24.0. The Morgan fingerprint density at radius 3 is 2.26 bits per heavy atom. The summed E-state index contributed by atoms with van der Waals surface area (Å²) in [5.74, 6) is 0.833. The number of aromatic nitrogens is 1.